The summed E-state index contributed by atoms with van der Waals surface area (Å²) in [4.78, 5) is 15.7. The molecule has 0 radical (unpaired) electrons. The van der Waals surface area contributed by atoms with E-state index in [1.54, 1.807) is 12.1 Å². The number of nitro groups is 1. The van der Waals surface area contributed by atoms with Crippen molar-refractivity contribution in [2.24, 2.45) is 0 Å². The molecule has 6 nitrogen and oxygen atoms in total. The van der Waals surface area contributed by atoms with Crippen LogP contribution in [0.1, 0.15) is 0 Å². The third-order valence-electron chi connectivity index (χ3n) is 4.93. The lowest BCUT2D eigenvalue weighted by Gasteiger charge is -2.19. The van der Waals surface area contributed by atoms with Crippen LogP contribution in [0.2, 0.25) is 0 Å². The van der Waals surface area contributed by atoms with Crippen molar-refractivity contribution < 1.29 is 14.4 Å². The quantitative estimate of drug-likeness (QED) is 0.356. The molecular weight excluding hydrogens is 368 g/mol. The summed E-state index contributed by atoms with van der Waals surface area (Å²) in [6, 6.07) is 22.3. The Hall–Kier alpha value is -3.93. The smallest absolute Gasteiger partial charge is 0.270 e. The molecule has 0 fully saturated rings. The van der Waals surface area contributed by atoms with Crippen LogP contribution in [0, 0.1) is 10.1 Å². The Morgan fingerprint density at radius 2 is 1.62 bits per heavy atom. The van der Waals surface area contributed by atoms with Crippen LogP contribution in [0.3, 0.4) is 0 Å². The van der Waals surface area contributed by atoms with Gasteiger partial charge in [-0.1, -0.05) is 30.3 Å². The van der Waals surface area contributed by atoms with Gasteiger partial charge < -0.3 is 9.47 Å². The Morgan fingerprint density at radius 1 is 0.828 bits per heavy atom. The number of aromatic nitrogens is 1. The number of hydrogen-bond acceptors (Lipinski definition) is 5. The summed E-state index contributed by atoms with van der Waals surface area (Å²) >= 11 is 0. The van der Waals surface area contributed by atoms with Crippen LogP contribution in [-0.2, 0) is 0 Å². The van der Waals surface area contributed by atoms with E-state index in [1.165, 1.54) is 6.07 Å². The second-order valence-electron chi connectivity index (χ2n) is 6.74. The fraction of sp³-hybridized carbons (Fsp3) is 0.0870. The van der Waals surface area contributed by atoms with Gasteiger partial charge in [0.1, 0.15) is 13.2 Å². The van der Waals surface area contributed by atoms with Crippen molar-refractivity contribution in [1.82, 2.24) is 4.98 Å². The molecule has 1 aromatic heterocycles. The second-order valence-corrected chi connectivity index (χ2v) is 6.74. The van der Waals surface area contributed by atoms with Crippen LogP contribution >= 0.6 is 0 Å². The first-order valence-electron chi connectivity index (χ1n) is 9.24. The second kappa shape index (κ2) is 6.91. The minimum atomic E-state index is -0.386. The standard InChI is InChI=1S/C23H16N2O4/c26-25(27)17-7-8-20-19(13-17)18(15-4-2-1-3-5-15)14-21(24-20)16-6-9-22-23(12-16)29-11-10-28-22/h1-9,12-14H,10-11H2. The summed E-state index contributed by atoms with van der Waals surface area (Å²) in [6.07, 6.45) is 0. The molecule has 2 heterocycles. The van der Waals surface area contributed by atoms with E-state index in [0.29, 0.717) is 24.5 Å². The number of hydrogen-bond donors (Lipinski definition) is 0. The molecule has 0 aliphatic carbocycles. The van der Waals surface area contributed by atoms with Gasteiger partial charge in [-0.15, -0.1) is 0 Å². The number of nitrogens with zero attached hydrogens (tertiary/aromatic N) is 2. The van der Waals surface area contributed by atoms with E-state index in [1.807, 2.05) is 54.6 Å². The predicted octanol–water partition coefficient (Wildman–Crippen LogP) is 5.25. The van der Waals surface area contributed by atoms with Crippen molar-refractivity contribution in [1.29, 1.82) is 0 Å². The lowest BCUT2D eigenvalue weighted by atomic mass is 9.98. The highest BCUT2D eigenvalue weighted by Crippen LogP contribution is 2.37. The van der Waals surface area contributed by atoms with Crippen molar-refractivity contribution in [2.75, 3.05) is 13.2 Å². The molecule has 0 bridgehead atoms. The first kappa shape index (κ1) is 17.2. The number of pyridine rings is 1. The summed E-state index contributed by atoms with van der Waals surface area (Å²) < 4.78 is 11.3. The van der Waals surface area contributed by atoms with Gasteiger partial charge in [-0.25, -0.2) is 4.98 Å². The van der Waals surface area contributed by atoms with Gasteiger partial charge in [-0.3, -0.25) is 10.1 Å². The highest BCUT2D eigenvalue weighted by atomic mass is 16.6. The van der Waals surface area contributed by atoms with Crippen molar-refractivity contribution in [3.8, 4) is 33.9 Å². The molecule has 0 spiro atoms. The largest absolute Gasteiger partial charge is 0.486 e. The van der Waals surface area contributed by atoms with E-state index in [0.717, 1.165) is 33.5 Å². The van der Waals surface area contributed by atoms with E-state index in [2.05, 4.69) is 0 Å². The van der Waals surface area contributed by atoms with Crippen LogP contribution in [0.25, 0.3) is 33.3 Å². The average molecular weight is 384 g/mol. The fourth-order valence-corrected chi connectivity index (χ4v) is 3.53. The van der Waals surface area contributed by atoms with Crippen LogP contribution < -0.4 is 9.47 Å². The SMILES string of the molecule is O=[N+]([O-])c1ccc2nc(-c3ccc4c(c3)OCCO4)cc(-c3ccccc3)c2c1. The van der Waals surface area contributed by atoms with E-state index in [9.17, 15) is 10.1 Å². The molecule has 5 rings (SSSR count). The first-order valence-corrected chi connectivity index (χ1v) is 9.24. The zero-order chi connectivity index (χ0) is 19.8. The maximum absolute atomic E-state index is 11.3. The van der Waals surface area contributed by atoms with Gasteiger partial charge in [-0.05, 0) is 41.5 Å². The Morgan fingerprint density at radius 3 is 2.41 bits per heavy atom. The van der Waals surface area contributed by atoms with Gasteiger partial charge in [0.2, 0.25) is 0 Å². The van der Waals surface area contributed by atoms with Crippen molar-refractivity contribution in [3.05, 3.63) is 82.9 Å². The Bertz CT molecular complexity index is 1240. The zero-order valence-corrected chi connectivity index (χ0v) is 15.4. The van der Waals surface area contributed by atoms with Gasteiger partial charge >= 0.3 is 0 Å². The van der Waals surface area contributed by atoms with E-state index in [4.69, 9.17) is 14.5 Å². The van der Waals surface area contributed by atoms with Crippen molar-refractivity contribution in [2.45, 2.75) is 0 Å². The minimum Gasteiger partial charge on any atom is -0.486 e. The summed E-state index contributed by atoms with van der Waals surface area (Å²) in [7, 11) is 0. The van der Waals surface area contributed by atoms with Crippen molar-refractivity contribution in [3.63, 3.8) is 0 Å². The van der Waals surface area contributed by atoms with Gasteiger partial charge in [-0.2, -0.15) is 0 Å². The van der Waals surface area contributed by atoms with Crippen LogP contribution in [0.5, 0.6) is 11.5 Å². The maximum Gasteiger partial charge on any atom is 0.270 e. The first-order chi connectivity index (χ1) is 14.2. The third-order valence-corrected chi connectivity index (χ3v) is 4.93. The molecule has 0 unspecified atom stereocenters. The number of rotatable bonds is 3. The Labute approximate surface area is 166 Å². The molecule has 4 aromatic rings. The number of benzene rings is 3. The van der Waals surface area contributed by atoms with Gasteiger partial charge in [0, 0.05) is 23.1 Å². The molecule has 0 N–H and O–H groups in total. The van der Waals surface area contributed by atoms with Crippen molar-refractivity contribution >= 4 is 16.6 Å². The van der Waals surface area contributed by atoms with E-state index in [-0.39, 0.29) is 10.6 Å². The average Bonchev–Trinajstić information content (AvgIpc) is 2.78. The number of nitro benzene ring substituents is 1. The number of non-ortho nitro benzene ring substituents is 1. The van der Waals surface area contributed by atoms with Crippen LogP contribution in [0.4, 0.5) is 5.69 Å². The summed E-state index contributed by atoms with van der Waals surface area (Å²) in [5.41, 5.74) is 4.27. The summed E-state index contributed by atoms with van der Waals surface area (Å²) in [5.74, 6) is 1.42. The topological polar surface area (TPSA) is 74.5 Å². The lowest BCUT2D eigenvalue weighted by molar-refractivity contribution is -0.384. The summed E-state index contributed by atoms with van der Waals surface area (Å²) in [6.45, 7) is 1.05. The minimum absolute atomic E-state index is 0.0450. The molecule has 1 aliphatic heterocycles. The predicted molar refractivity (Wildman–Crippen MR) is 110 cm³/mol. The molecule has 142 valence electrons. The van der Waals surface area contributed by atoms with Crippen LogP contribution in [0.15, 0.2) is 72.8 Å². The molecule has 29 heavy (non-hydrogen) atoms. The van der Waals surface area contributed by atoms with Gasteiger partial charge in [0.25, 0.3) is 5.69 Å². The van der Waals surface area contributed by atoms with Gasteiger partial charge in [0.15, 0.2) is 11.5 Å². The highest BCUT2D eigenvalue weighted by Gasteiger charge is 2.16. The number of ether oxygens (including phenoxy) is 2. The summed E-state index contributed by atoms with van der Waals surface area (Å²) in [5, 5.41) is 12.0. The molecular formula is C23H16N2O4. The maximum atomic E-state index is 11.3. The molecule has 6 heteroatoms. The highest BCUT2D eigenvalue weighted by molar-refractivity contribution is 5.98. The van der Waals surface area contributed by atoms with E-state index < -0.39 is 0 Å². The molecule has 0 amide bonds. The monoisotopic (exact) mass is 384 g/mol. The van der Waals surface area contributed by atoms with Crippen LogP contribution in [-0.4, -0.2) is 23.1 Å². The Kier molecular flexibility index (Phi) is 4.09. The normalized spacial score (nSPS) is 12.7. The third kappa shape index (κ3) is 3.14. The lowest BCUT2D eigenvalue weighted by Crippen LogP contribution is -2.15. The molecule has 1 aliphatic rings. The molecule has 0 saturated carbocycles. The Balaban J connectivity index is 1.73. The molecule has 3 aromatic carbocycles. The van der Waals surface area contributed by atoms with E-state index >= 15 is 0 Å². The molecule has 0 atom stereocenters. The van der Waals surface area contributed by atoms with Gasteiger partial charge in [0.05, 0.1) is 16.1 Å². The fourth-order valence-electron chi connectivity index (χ4n) is 3.53. The molecule has 0 saturated heterocycles. The number of fused-ring (bicyclic) bond motifs is 2. The zero-order valence-electron chi connectivity index (χ0n) is 15.4.